The van der Waals surface area contributed by atoms with Crippen molar-refractivity contribution in [1.29, 1.82) is 0 Å². The van der Waals surface area contributed by atoms with Crippen molar-refractivity contribution in [2.75, 3.05) is 0 Å². The molecule has 0 atom stereocenters. The van der Waals surface area contributed by atoms with Crippen LogP contribution >= 0.6 is 11.3 Å². The fraction of sp³-hybridized carbons (Fsp3) is 0.353. The second kappa shape index (κ2) is 4.04. The molecule has 2 heterocycles. The Bertz CT molecular complexity index is 582. The molecule has 98 valence electrons. The molecule has 2 heteroatoms. The molecule has 0 aromatic carbocycles. The maximum atomic E-state index is 4.67. The van der Waals surface area contributed by atoms with Gasteiger partial charge in [0.25, 0.3) is 0 Å². The third kappa shape index (κ3) is 2.37. The summed E-state index contributed by atoms with van der Waals surface area (Å²) >= 11 is 1.78. The number of hydrogen-bond donors (Lipinski definition) is 0. The third-order valence-corrected chi connectivity index (χ3v) is 4.63. The summed E-state index contributed by atoms with van der Waals surface area (Å²) in [4.78, 5) is 5.99. The summed E-state index contributed by atoms with van der Waals surface area (Å²) in [6, 6.07) is 0. The smallest absolute Gasteiger partial charge is 0.124 e. The van der Waals surface area contributed by atoms with E-state index in [2.05, 4.69) is 69.1 Å². The van der Waals surface area contributed by atoms with Gasteiger partial charge < -0.3 is 0 Å². The molecule has 1 aromatic heterocycles. The Morgan fingerprint density at radius 2 is 1.47 bits per heavy atom. The van der Waals surface area contributed by atoms with E-state index in [0.717, 1.165) is 5.00 Å². The van der Waals surface area contributed by atoms with Crippen molar-refractivity contribution in [3.63, 3.8) is 0 Å². The first kappa shape index (κ1) is 12.6. The van der Waals surface area contributed by atoms with Crippen molar-refractivity contribution in [2.45, 2.75) is 27.7 Å². The van der Waals surface area contributed by atoms with Gasteiger partial charge in [0.2, 0.25) is 0 Å². The van der Waals surface area contributed by atoms with Gasteiger partial charge in [0.1, 0.15) is 5.00 Å². The van der Waals surface area contributed by atoms with E-state index >= 15 is 0 Å². The number of allylic oxidation sites excluding steroid dienone is 3. The summed E-state index contributed by atoms with van der Waals surface area (Å²) in [6.07, 6.45) is 15.5. The van der Waals surface area contributed by atoms with Crippen LogP contribution in [0.25, 0.3) is 18.2 Å². The highest BCUT2D eigenvalue weighted by Gasteiger charge is 2.21. The van der Waals surface area contributed by atoms with Gasteiger partial charge in [-0.15, -0.1) is 11.3 Å². The zero-order valence-electron chi connectivity index (χ0n) is 11.9. The Hall–Kier alpha value is -1.41. The largest absolute Gasteiger partial charge is 0.249 e. The van der Waals surface area contributed by atoms with E-state index in [1.165, 1.54) is 16.0 Å². The molecular weight excluding hydrogens is 250 g/mol. The van der Waals surface area contributed by atoms with E-state index in [9.17, 15) is 0 Å². The van der Waals surface area contributed by atoms with Crippen LogP contribution in [0.5, 0.6) is 0 Å². The van der Waals surface area contributed by atoms with E-state index in [1.54, 1.807) is 11.3 Å². The second-order valence-electron chi connectivity index (χ2n) is 6.50. The summed E-state index contributed by atoms with van der Waals surface area (Å²) in [5.74, 6) is 0. The minimum absolute atomic E-state index is 0.0369. The van der Waals surface area contributed by atoms with Crippen LogP contribution in [0.3, 0.4) is 0 Å². The highest BCUT2D eigenvalue weighted by molar-refractivity contribution is 7.17. The molecule has 3 rings (SSSR count). The average Bonchev–Trinajstić information content (AvgIpc) is 2.49. The number of fused-ring (bicyclic) bond motifs is 3. The van der Waals surface area contributed by atoms with Crippen molar-refractivity contribution in [3.8, 4) is 0 Å². The number of nitrogens with zero attached hydrogens (tertiary/aromatic N) is 1. The van der Waals surface area contributed by atoms with Crippen LogP contribution in [0, 0.1) is 10.8 Å². The molecule has 1 aliphatic heterocycles. The molecule has 1 aromatic rings. The molecule has 2 aliphatic rings. The molecular formula is C17H19NS. The predicted octanol–water partition coefficient (Wildman–Crippen LogP) is 5.57. The van der Waals surface area contributed by atoms with Crippen molar-refractivity contribution in [2.24, 2.45) is 15.8 Å². The van der Waals surface area contributed by atoms with Crippen molar-refractivity contribution >= 4 is 40.8 Å². The molecule has 0 saturated carbocycles. The molecule has 0 amide bonds. The summed E-state index contributed by atoms with van der Waals surface area (Å²) < 4.78 is 0. The first-order chi connectivity index (χ1) is 8.86. The molecule has 0 fully saturated rings. The molecule has 0 unspecified atom stereocenters. The lowest BCUT2D eigenvalue weighted by Crippen LogP contribution is -2.07. The molecule has 1 aliphatic carbocycles. The van der Waals surface area contributed by atoms with E-state index in [1.807, 2.05) is 6.21 Å². The van der Waals surface area contributed by atoms with Gasteiger partial charge in [-0.05, 0) is 6.08 Å². The Labute approximate surface area is 119 Å². The van der Waals surface area contributed by atoms with Crippen LogP contribution in [-0.4, -0.2) is 6.21 Å². The van der Waals surface area contributed by atoms with E-state index in [0.29, 0.717) is 0 Å². The monoisotopic (exact) mass is 269 g/mol. The molecule has 0 spiro atoms. The van der Waals surface area contributed by atoms with Gasteiger partial charge in [0.05, 0.1) is 0 Å². The van der Waals surface area contributed by atoms with Crippen molar-refractivity contribution in [3.05, 3.63) is 34.2 Å². The lowest BCUT2D eigenvalue weighted by molar-refractivity contribution is 0.633. The number of thiophene rings is 1. The van der Waals surface area contributed by atoms with Crippen molar-refractivity contribution < 1.29 is 0 Å². The van der Waals surface area contributed by atoms with Crippen LogP contribution < -0.4 is 0 Å². The number of hydrogen-bond acceptors (Lipinski definition) is 2. The Kier molecular flexibility index (Phi) is 2.68. The van der Waals surface area contributed by atoms with Gasteiger partial charge in [-0.2, -0.15) is 0 Å². The highest BCUT2D eigenvalue weighted by atomic mass is 32.1. The average molecular weight is 269 g/mol. The van der Waals surface area contributed by atoms with Crippen LogP contribution in [0.2, 0.25) is 0 Å². The molecule has 0 bridgehead atoms. The Morgan fingerprint density at radius 1 is 0.842 bits per heavy atom. The third-order valence-electron chi connectivity index (χ3n) is 3.53. The van der Waals surface area contributed by atoms with Gasteiger partial charge >= 0.3 is 0 Å². The minimum atomic E-state index is 0.0369. The van der Waals surface area contributed by atoms with Gasteiger partial charge in [-0.3, -0.25) is 0 Å². The molecule has 0 saturated heterocycles. The minimum Gasteiger partial charge on any atom is -0.249 e. The Balaban J connectivity index is 2.15. The summed E-state index contributed by atoms with van der Waals surface area (Å²) in [6.45, 7) is 8.82. The molecule has 0 N–H and O–H groups in total. The maximum Gasteiger partial charge on any atom is 0.124 e. The predicted molar refractivity (Wildman–Crippen MR) is 87.1 cm³/mol. The molecule has 0 radical (unpaired) electrons. The number of aliphatic imine (C=N–C) groups is 1. The van der Waals surface area contributed by atoms with E-state index in [-0.39, 0.29) is 10.8 Å². The molecule has 19 heavy (non-hydrogen) atoms. The van der Waals surface area contributed by atoms with Crippen LogP contribution in [0.4, 0.5) is 5.00 Å². The SMILES string of the molecule is CC1(C)C=Cc2sc3c(c2C=C1)C=CC(C)(C)C=N3. The van der Waals surface area contributed by atoms with Gasteiger partial charge in [0, 0.05) is 33.0 Å². The van der Waals surface area contributed by atoms with E-state index in [4.69, 9.17) is 0 Å². The summed E-state index contributed by atoms with van der Waals surface area (Å²) in [7, 11) is 0. The second-order valence-corrected chi connectivity index (χ2v) is 7.53. The summed E-state index contributed by atoms with van der Waals surface area (Å²) in [5, 5.41) is 1.13. The standard InChI is InChI=1S/C17H19NS/c1-16(2)8-5-12-13-6-9-17(3,4)11-18-15(13)19-14(12)7-10-16/h5-11H,1-4H3. The van der Waals surface area contributed by atoms with Crippen LogP contribution in [0.15, 0.2) is 23.2 Å². The van der Waals surface area contributed by atoms with Crippen LogP contribution in [-0.2, 0) is 0 Å². The van der Waals surface area contributed by atoms with Gasteiger partial charge in [0.15, 0.2) is 0 Å². The maximum absolute atomic E-state index is 4.67. The first-order valence-electron chi connectivity index (χ1n) is 6.66. The van der Waals surface area contributed by atoms with Crippen molar-refractivity contribution in [1.82, 2.24) is 0 Å². The Morgan fingerprint density at radius 3 is 2.26 bits per heavy atom. The normalized spacial score (nSPS) is 21.7. The highest BCUT2D eigenvalue weighted by Crippen LogP contribution is 2.43. The topological polar surface area (TPSA) is 12.4 Å². The van der Waals surface area contributed by atoms with E-state index < -0.39 is 0 Å². The molecule has 1 nitrogen and oxygen atoms in total. The lowest BCUT2D eigenvalue weighted by Gasteiger charge is -2.12. The first-order valence-corrected chi connectivity index (χ1v) is 7.48. The number of rotatable bonds is 0. The quantitative estimate of drug-likeness (QED) is 0.584. The zero-order chi connectivity index (χ0) is 13.7. The fourth-order valence-electron chi connectivity index (χ4n) is 2.22. The zero-order valence-corrected chi connectivity index (χ0v) is 12.7. The van der Waals surface area contributed by atoms with Gasteiger partial charge in [-0.1, -0.05) is 58.1 Å². The summed E-state index contributed by atoms with van der Waals surface area (Å²) in [5.41, 5.74) is 2.74. The lowest BCUT2D eigenvalue weighted by atomic mass is 9.93. The van der Waals surface area contributed by atoms with Crippen LogP contribution in [0.1, 0.15) is 43.7 Å². The van der Waals surface area contributed by atoms with Gasteiger partial charge in [-0.25, -0.2) is 4.99 Å². The fourth-order valence-corrected chi connectivity index (χ4v) is 3.25.